The summed E-state index contributed by atoms with van der Waals surface area (Å²) in [6.07, 6.45) is 8.08. The van der Waals surface area contributed by atoms with E-state index in [-0.39, 0.29) is 5.91 Å². The van der Waals surface area contributed by atoms with Crippen molar-refractivity contribution in [1.82, 2.24) is 5.32 Å². The molecule has 2 aromatic rings. The quantitative estimate of drug-likeness (QED) is 0.903. The highest BCUT2D eigenvalue weighted by molar-refractivity contribution is 5.91. The molecule has 24 heavy (non-hydrogen) atoms. The molecule has 1 aromatic carbocycles. The highest BCUT2D eigenvalue weighted by atomic mass is 16.5. The lowest BCUT2D eigenvalue weighted by Crippen LogP contribution is -2.32. The SMILES string of the molecule is O=C(NC1CCCC1)c1ccc(COc2ccc3c(c2)CCC3)o1. The summed E-state index contributed by atoms with van der Waals surface area (Å²) < 4.78 is 11.5. The summed E-state index contributed by atoms with van der Waals surface area (Å²) >= 11 is 0. The van der Waals surface area contributed by atoms with Gasteiger partial charge in [-0.05, 0) is 67.5 Å². The fraction of sp³-hybridized carbons (Fsp3) is 0.450. The van der Waals surface area contributed by atoms with Crippen molar-refractivity contribution in [1.29, 1.82) is 0 Å². The average Bonchev–Trinajstić information content (AvgIpc) is 3.33. The van der Waals surface area contributed by atoms with Gasteiger partial charge in [-0.2, -0.15) is 0 Å². The first kappa shape index (κ1) is 15.3. The maximum atomic E-state index is 12.2. The number of amides is 1. The third-order valence-corrected chi connectivity index (χ3v) is 5.03. The van der Waals surface area contributed by atoms with Crippen LogP contribution in [0.5, 0.6) is 5.75 Å². The normalized spacial score (nSPS) is 17.0. The Balaban J connectivity index is 1.34. The van der Waals surface area contributed by atoms with Crippen molar-refractivity contribution < 1.29 is 13.9 Å². The average molecular weight is 325 g/mol. The molecule has 1 saturated carbocycles. The van der Waals surface area contributed by atoms with E-state index in [1.54, 1.807) is 6.07 Å². The standard InChI is InChI=1S/C20H23NO3/c22-20(21-16-6-1-2-7-16)19-11-10-18(24-19)13-23-17-9-8-14-4-3-5-15(14)12-17/h8-12,16H,1-7,13H2,(H,21,22). The minimum Gasteiger partial charge on any atom is -0.486 e. The minimum absolute atomic E-state index is 0.120. The fourth-order valence-corrected chi connectivity index (χ4v) is 3.70. The first-order chi connectivity index (χ1) is 11.8. The molecule has 4 heteroatoms. The van der Waals surface area contributed by atoms with Crippen LogP contribution < -0.4 is 10.1 Å². The topological polar surface area (TPSA) is 51.5 Å². The van der Waals surface area contributed by atoms with E-state index >= 15 is 0 Å². The highest BCUT2D eigenvalue weighted by Gasteiger charge is 2.20. The largest absolute Gasteiger partial charge is 0.486 e. The van der Waals surface area contributed by atoms with E-state index in [1.165, 1.54) is 36.8 Å². The molecule has 4 rings (SSSR count). The van der Waals surface area contributed by atoms with Crippen LogP contribution in [0.2, 0.25) is 0 Å². The molecule has 0 radical (unpaired) electrons. The van der Waals surface area contributed by atoms with Crippen molar-refractivity contribution >= 4 is 5.91 Å². The van der Waals surface area contributed by atoms with E-state index in [0.29, 0.717) is 24.2 Å². The predicted octanol–water partition coefficient (Wildman–Crippen LogP) is 4.02. The minimum atomic E-state index is -0.120. The smallest absolute Gasteiger partial charge is 0.287 e. The zero-order valence-corrected chi connectivity index (χ0v) is 13.8. The van der Waals surface area contributed by atoms with Crippen molar-refractivity contribution in [2.75, 3.05) is 0 Å². The number of carbonyl (C=O) groups excluding carboxylic acids is 1. The van der Waals surface area contributed by atoms with Gasteiger partial charge in [0, 0.05) is 6.04 Å². The van der Waals surface area contributed by atoms with Crippen molar-refractivity contribution in [3.8, 4) is 5.75 Å². The van der Waals surface area contributed by atoms with Crippen LogP contribution in [0.1, 0.15) is 59.5 Å². The van der Waals surface area contributed by atoms with Gasteiger partial charge in [-0.15, -0.1) is 0 Å². The summed E-state index contributed by atoms with van der Waals surface area (Å²) in [5.41, 5.74) is 2.83. The number of aryl methyl sites for hydroxylation is 2. The third-order valence-electron chi connectivity index (χ3n) is 5.03. The van der Waals surface area contributed by atoms with Gasteiger partial charge in [0.05, 0.1) is 0 Å². The predicted molar refractivity (Wildman–Crippen MR) is 91.2 cm³/mol. The number of fused-ring (bicyclic) bond motifs is 1. The van der Waals surface area contributed by atoms with Crippen LogP contribution >= 0.6 is 0 Å². The van der Waals surface area contributed by atoms with Crippen LogP contribution in [-0.4, -0.2) is 11.9 Å². The van der Waals surface area contributed by atoms with Gasteiger partial charge >= 0.3 is 0 Å². The van der Waals surface area contributed by atoms with Gasteiger partial charge in [0.2, 0.25) is 0 Å². The molecule has 1 aromatic heterocycles. The molecule has 0 bridgehead atoms. The molecule has 0 unspecified atom stereocenters. The first-order valence-corrected chi connectivity index (χ1v) is 8.92. The van der Waals surface area contributed by atoms with Crippen LogP contribution in [-0.2, 0) is 19.4 Å². The van der Waals surface area contributed by atoms with E-state index in [2.05, 4.69) is 17.4 Å². The lowest BCUT2D eigenvalue weighted by molar-refractivity contribution is 0.0905. The summed E-state index contributed by atoms with van der Waals surface area (Å²) in [5.74, 6) is 1.79. The number of rotatable bonds is 5. The van der Waals surface area contributed by atoms with Crippen LogP contribution in [0.4, 0.5) is 0 Å². The number of hydrogen-bond donors (Lipinski definition) is 1. The van der Waals surface area contributed by atoms with E-state index in [9.17, 15) is 4.79 Å². The Morgan fingerprint density at radius 3 is 2.79 bits per heavy atom. The Hall–Kier alpha value is -2.23. The monoisotopic (exact) mass is 325 g/mol. The van der Waals surface area contributed by atoms with Gasteiger partial charge in [0.1, 0.15) is 18.1 Å². The molecule has 1 heterocycles. The van der Waals surface area contributed by atoms with E-state index < -0.39 is 0 Å². The van der Waals surface area contributed by atoms with Crippen LogP contribution in [0.15, 0.2) is 34.7 Å². The highest BCUT2D eigenvalue weighted by Crippen LogP contribution is 2.26. The maximum absolute atomic E-state index is 12.2. The van der Waals surface area contributed by atoms with E-state index in [0.717, 1.165) is 25.0 Å². The number of benzene rings is 1. The Labute approximate surface area is 142 Å². The summed E-state index contributed by atoms with van der Waals surface area (Å²) in [7, 11) is 0. The zero-order valence-electron chi connectivity index (χ0n) is 13.8. The van der Waals surface area contributed by atoms with Gasteiger partial charge in [-0.25, -0.2) is 0 Å². The number of furan rings is 1. The molecule has 0 atom stereocenters. The van der Waals surface area contributed by atoms with Gasteiger partial charge < -0.3 is 14.5 Å². The van der Waals surface area contributed by atoms with E-state index in [4.69, 9.17) is 9.15 Å². The van der Waals surface area contributed by atoms with Gasteiger partial charge in [0.25, 0.3) is 5.91 Å². The Morgan fingerprint density at radius 2 is 1.92 bits per heavy atom. The molecule has 0 aliphatic heterocycles. The summed E-state index contributed by atoms with van der Waals surface area (Å²) in [5, 5.41) is 3.04. The van der Waals surface area contributed by atoms with Crippen molar-refractivity contribution in [3.63, 3.8) is 0 Å². The first-order valence-electron chi connectivity index (χ1n) is 8.92. The number of nitrogens with one attached hydrogen (secondary N) is 1. The molecule has 2 aliphatic rings. The Kier molecular flexibility index (Phi) is 4.28. The van der Waals surface area contributed by atoms with Crippen molar-refractivity contribution in [3.05, 3.63) is 53.0 Å². The van der Waals surface area contributed by atoms with Gasteiger partial charge in [0.15, 0.2) is 5.76 Å². The third kappa shape index (κ3) is 3.32. The molecule has 0 spiro atoms. The molecule has 1 fully saturated rings. The van der Waals surface area contributed by atoms with Crippen molar-refractivity contribution in [2.45, 2.75) is 57.6 Å². The molecule has 2 aliphatic carbocycles. The molecule has 1 N–H and O–H groups in total. The lowest BCUT2D eigenvalue weighted by Gasteiger charge is -2.10. The molecule has 4 nitrogen and oxygen atoms in total. The lowest BCUT2D eigenvalue weighted by atomic mass is 10.1. The van der Waals surface area contributed by atoms with Crippen LogP contribution in [0.3, 0.4) is 0 Å². The molecule has 1 amide bonds. The molecular formula is C20H23NO3. The second kappa shape index (κ2) is 6.71. The van der Waals surface area contributed by atoms with Crippen molar-refractivity contribution in [2.24, 2.45) is 0 Å². The van der Waals surface area contributed by atoms with Gasteiger partial charge in [-0.3, -0.25) is 4.79 Å². The number of ether oxygens (including phenoxy) is 1. The molecular weight excluding hydrogens is 302 g/mol. The Bertz CT molecular complexity index is 728. The second-order valence-electron chi connectivity index (χ2n) is 6.79. The van der Waals surface area contributed by atoms with E-state index in [1.807, 2.05) is 12.1 Å². The summed E-state index contributed by atoms with van der Waals surface area (Å²) in [6, 6.07) is 10.1. The Morgan fingerprint density at radius 1 is 1.08 bits per heavy atom. The zero-order chi connectivity index (χ0) is 16.4. The molecule has 126 valence electrons. The van der Waals surface area contributed by atoms with Crippen LogP contribution in [0.25, 0.3) is 0 Å². The maximum Gasteiger partial charge on any atom is 0.287 e. The second-order valence-corrected chi connectivity index (χ2v) is 6.79. The summed E-state index contributed by atoms with van der Waals surface area (Å²) in [6.45, 7) is 0.343. The summed E-state index contributed by atoms with van der Waals surface area (Å²) in [4.78, 5) is 12.2. The van der Waals surface area contributed by atoms with Crippen LogP contribution in [0, 0.1) is 0 Å². The van der Waals surface area contributed by atoms with Gasteiger partial charge in [-0.1, -0.05) is 18.9 Å². The fourth-order valence-electron chi connectivity index (χ4n) is 3.70. The molecule has 0 saturated heterocycles. The number of carbonyl (C=O) groups is 1. The number of hydrogen-bond acceptors (Lipinski definition) is 3.